The Hall–Kier alpha value is -2.19. The van der Waals surface area contributed by atoms with Crippen LogP contribution in [-0.4, -0.2) is 19.9 Å². The van der Waals surface area contributed by atoms with Crippen LogP contribution in [0.4, 0.5) is 0 Å². The molecular formula is C15H18N4O. The lowest BCUT2D eigenvalue weighted by atomic mass is 9.91. The fraction of sp³-hybridized carbons (Fsp3) is 0.400. The third-order valence-corrected chi connectivity index (χ3v) is 3.27. The van der Waals surface area contributed by atoms with Gasteiger partial charge in [0, 0.05) is 12.5 Å². The van der Waals surface area contributed by atoms with Gasteiger partial charge in [0.1, 0.15) is 12.2 Å². The minimum atomic E-state index is -1.05. The molecule has 0 aliphatic carbocycles. The van der Waals surface area contributed by atoms with E-state index in [-0.39, 0.29) is 6.04 Å². The largest absolute Gasteiger partial charge is 0.385 e. The van der Waals surface area contributed by atoms with Crippen molar-refractivity contribution in [3.8, 4) is 6.07 Å². The Labute approximate surface area is 118 Å². The van der Waals surface area contributed by atoms with Gasteiger partial charge in [-0.2, -0.15) is 10.4 Å². The quantitative estimate of drug-likeness (QED) is 0.924. The van der Waals surface area contributed by atoms with Crippen LogP contribution in [0.1, 0.15) is 43.8 Å². The zero-order chi connectivity index (χ0) is 14.8. The Kier molecular flexibility index (Phi) is 3.86. The third-order valence-electron chi connectivity index (χ3n) is 3.27. The number of nitrogens with zero attached hydrogens (tertiary/aromatic N) is 4. The molecule has 5 heteroatoms. The zero-order valence-corrected chi connectivity index (χ0v) is 11.9. The first-order valence-electron chi connectivity index (χ1n) is 6.55. The summed E-state index contributed by atoms with van der Waals surface area (Å²) in [5.41, 5.74) is 0.290. The second-order valence-corrected chi connectivity index (χ2v) is 5.35. The summed E-state index contributed by atoms with van der Waals surface area (Å²) < 4.78 is 1.80. The Balaban J connectivity index is 2.26. The molecule has 0 radical (unpaired) electrons. The second-order valence-electron chi connectivity index (χ2n) is 5.35. The van der Waals surface area contributed by atoms with E-state index in [1.165, 1.54) is 6.33 Å². The van der Waals surface area contributed by atoms with Crippen molar-refractivity contribution < 1.29 is 5.11 Å². The highest BCUT2D eigenvalue weighted by Gasteiger charge is 2.26. The number of benzene rings is 1. The first-order chi connectivity index (χ1) is 9.44. The maximum absolute atomic E-state index is 10.7. The van der Waals surface area contributed by atoms with Crippen LogP contribution >= 0.6 is 0 Å². The molecule has 104 valence electrons. The summed E-state index contributed by atoms with van der Waals surface area (Å²) in [5, 5.41) is 23.6. The van der Waals surface area contributed by atoms with Crippen LogP contribution in [0.2, 0.25) is 0 Å². The van der Waals surface area contributed by atoms with Crippen molar-refractivity contribution in [3.63, 3.8) is 0 Å². The van der Waals surface area contributed by atoms with Crippen LogP contribution in [0.5, 0.6) is 0 Å². The summed E-state index contributed by atoms with van der Waals surface area (Å²) in [6.07, 6.45) is 1.88. The van der Waals surface area contributed by atoms with E-state index in [4.69, 9.17) is 5.26 Å². The lowest BCUT2D eigenvalue weighted by Gasteiger charge is -2.24. The SMILES string of the molecule is CC(C)n1ncnc1CC(C)(O)c1ccc(C#N)cc1. The first-order valence-corrected chi connectivity index (χ1v) is 6.55. The van der Waals surface area contributed by atoms with Crippen molar-refractivity contribution in [2.75, 3.05) is 0 Å². The van der Waals surface area contributed by atoms with Gasteiger partial charge in [0.2, 0.25) is 0 Å². The fourth-order valence-corrected chi connectivity index (χ4v) is 2.15. The van der Waals surface area contributed by atoms with E-state index in [1.54, 1.807) is 35.9 Å². The van der Waals surface area contributed by atoms with Crippen LogP contribution in [0, 0.1) is 11.3 Å². The molecule has 2 rings (SSSR count). The van der Waals surface area contributed by atoms with E-state index < -0.39 is 5.60 Å². The van der Waals surface area contributed by atoms with Crippen molar-refractivity contribution in [1.29, 1.82) is 5.26 Å². The lowest BCUT2D eigenvalue weighted by Crippen LogP contribution is -2.26. The molecule has 0 aliphatic rings. The second kappa shape index (κ2) is 5.43. The molecule has 0 fully saturated rings. The van der Waals surface area contributed by atoms with Crippen molar-refractivity contribution in [2.45, 2.75) is 38.8 Å². The summed E-state index contributed by atoms with van der Waals surface area (Å²) in [4.78, 5) is 4.22. The molecule has 1 unspecified atom stereocenters. The van der Waals surface area contributed by atoms with Crippen molar-refractivity contribution in [1.82, 2.24) is 14.8 Å². The summed E-state index contributed by atoms with van der Waals surface area (Å²) in [6.45, 7) is 5.79. The standard InChI is InChI=1S/C15H18N4O/c1-11(2)19-14(17-10-18-19)8-15(3,20)13-6-4-12(9-16)5-7-13/h4-7,10-11,20H,8H2,1-3H3. The van der Waals surface area contributed by atoms with Crippen molar-refractivity contribution in [3.05, 3.63) is 47.5 Å². The smallest absolute Gasteiger partial charge is 0.138 e. The summed E-state index contributed by atoms with van der Waals surface area (Å²) >= 11 is 0. The highest BCUT2D eigenvalue weighted by atomic mass is 16.3. The number of aliphatic hydroxyl groups is 1. The molecule has 1 atom stereocenters. The number of hydrogen-bond acceptors (Lipinski definition) is 4. The molecule has 0 amide bonds. The summed E-state index contributed by atoms with van der Waals surface area (Å²) in [6, 6.07) is 9.22. The van der Waals surface area contributed by atoms with Gasteiger partial charge in [-0.1, -0.05) is 12.1 Å². The number of nitriles is 1. The molecule has 0 saturated heterocycles. The molecule has 0 saturated carbocycles. The normalized spacial score (nSPS) is 14.0. The third kappa shape index (κ3) is 2.86. The molecule has 1 heterocycles. The van der Waals surface area contributed by atoms with Gasteiger partial charge in [-0.15, -0.1) is 0 Å². The topological polar surface area (TPSA) is 74.7 Å². The number of rotatable bonds is 4. The molecule has 5 nitrogen and oxygen atoms in total. The van der Waals surface area contributed by atoms with Crippen LogP contribution < -0.4 is 0 Å². The Morgan fingerprint density at radius 2 is 2.00 bits per heavy atom. The van der Waals surface area contributed by atoms with E-state index in [0.717, 1.165) is 11.4 Å². The highest BCUT2D eigenvalue weighted by molar-refractivity contribution is 5.34. The van der Waals surface area contributed by atoms with Crippen molar-refractivity contribution in [2.24, 2.45) is 0 Å². The number of aromatic nitrogens is 3. The maximum atomic E-state index is 10.7. The minimum Gasteiger partial charge on any atom is -0.385 e. The molecule has 2 aromatic rings. The molecule has 1 aromatic heterocycles. The maximum Gasteiger partial charge on any atom is 0.138 e. The summed E-state index contributed by atoms with van der Waals surface area (Å²) in [7, 11) is 0. The van der Waals surface area contributed by atoms with Gasteiger partial charge in [0.05, 0.1) is 17.2 Å². The van der Waals surface area contributed by atoms with Crippen LogP contribution in [0.15, 0.2) is 30.6 Å². The van der Waals surface area contributed by atoms with Gasteiger partial charge >= 0.3 is 0 Å². The van der Waals surface area contributed by atoms with Gasteiger partial charge < -0.3 is 5.11 Å². The van der Waals surface area contributed by atoms with E-state index in [2.05, 4.69) is 16.2 Å². The van der Waals surface area contributed by atoms with Gasteiger partial charge in [-0.3, -0.25) is 0 Å². The van der Waals surface area contributed by atoms with Crippen LogP contribution in [0.3, 0.4) is 0 Å². The highest BCUT2D eigenvalue weighted by Crippen LogP contribution is 2.25. The van der Waals surface area contributed by atoms with E-state index in [0.29, 0.717) is 12.0 Å². The molecule has 0 aliphatic heterocycles. The van der Waals surface area contributed by atoms with E-state index in [9.17, 15) is 5.11 Å². The Morgan fingerprint density at radius 1 is 1.35 bits per heavy atom. The fourth-order valence-electron chi connectivity index (χ4n) is 2.15. The van der Waals surface area contributed by atoms with Crippen LogP contribution in [-0.2, 0) is 12.0 Å². The lowest BCUT2D eigenvalue weighted by molar-refractivity contribution is 0.0539. The van der Waals surface area contributed by atoms with Crippen molar-refractivity contribution >= 4 is 0 Å². The van der Waals surface area contributed by atoms with E-state index >= 15 is 0 Å². The Morgan fingerprint density at radius 3 is 2.55 bits per heavy atom. The van der Waals surface area contributed by atoms with Gasteiger partial charge in [0.15, 0.2) is 0 Å². The predicted molar refractivity (Wildman–Crippen MR) is 74.8 cm³/mol. The zero-order valence-electron chi connectivity index (χ0n) is 11.9. The first kappa shape index (κ1) is 14.2. The molecule has 20 heavy (non-hydrogen) atoms. The minimum absolute atomic E-state index is 0.198. The monoisotopic (exact) mass is 270 g/mol. The predicted octanol–water partition coefficient (Wildman–Crippen LogP) is 2.18. The molecule has 0 spiro atoms. The van der Waals surface area contributed by atoms with Gasteiger partial charge in [-0.05, 0) is 38.5 Å². The number of hydrogen-bond donors (Lipinski definition) is 1. The van der Waals surface area contributed by atoms with Crippen LogP contribution in [0.25, 0.3) is 0 Å². The molecule has 0 bridgehead atoms. The molecule has 1 N–H and O–H groups in total. The van der Waals surface area contributed by atoms with Gasteiger partial charge in [0.25, 0.3) is 0 Å². The average molecular weight is 270 g/mol. The molecular weight excluding hydrogens is 252 g/mol. The Bertz CT molecular complexity index is 620. The average Bonchev–Trinajstić information content (AvgIpc) is 2.86. The molecule has 1 aromatic carbocycles. The summed E-state index contributed by atoms with van der Waals surface area (Å²) in [5.74, 6) is 0.745. The van der Waals surface area contributed by atoms with Gasteiger partial charge in [-0.25, -0.2) is 9.67 Å². The van der Waals surface area contributed by atoms with E-state index in [1.807, 2.05) is 13.8 Å².